The molecule has 0 bridgehead atoms. The summed E-state index contributed by atoms with van der Waals surface area (Å²) in [5.41, 5.74) is 0.876. The van der Waals surface area contributed by atoms with Crippen LogP contribution in [-0.4, -0.2) is 17.9 Å². The molecule has 5 heteroatoms. The van der Waals surface area contributed by atoms with Crippen molar-refractivity contribution in [2.75, 3.05) is 7.05 Å². The van der Waals surface area contributed by atoms with Crippen LogP contribution in [0.4, 0.5) is 4.39 Å². The zero-order valence-electron chi connectivity index (χ0n) is 11.7. The number of hydrogen-bond donors (Lipinski definition) is 0. The zero-order chi connectivity index (χ0) is 15.4. The lowest BCUT2D eigenvalue weighted by Crippen LogP contribution is -2.27. The number of amides is 1. The van der Waals surface area contributed by atoms with Gasteiger partial charge in [-0.2, -0.15) is 0 Å². The maximum Gasteiger partial charge on any atom is 0.246 e. The summed E-state index contributed by atoms with van der Waals surface area (Å²) in [6, 6.07) is 9.51. The first-order valence-corrected chi connectivity index (χ1v) is 7.22. The Bertz CT molecular complexity index is 649. The maximum atomic E-state index is 12.9. The molecule has 1 aromatic heterocycles. The Morgan fingerprint density at radius 1 is 1.29 bits per heavy atom. The van der Waals surface area contributed by atoms with Crippen molar-refractivity contribution in [2.24, 2.45) is 0 Å². The van der Waals surface area contributed by atoms with E-state index in [1.54, 1.807) is 42.3 Å². The molecule has 0 radical (unpaired) electrons. The van der Waals surface area contributed by atoms with E-state index in [1.807, 2.05) is 6.92 Å². The van der Waals surface area contributed by atoms with Crippen molar-refractivity contribution in [3.8, 4) is 0 Å². The number of benzene rings is 1. The number of carbonyl (C=O) groups is 1. The minimum atomic E-state index is -0.289. The number of likely N-dealkylation sites (N-methyl/N-ethyl adjacent to an activating group) is 1. The molecule has 0 aliphatic heterocycles. The van der Waals surface area contributed by atoms with E-state index in [-0.39, 0.29) is 17.8 Å². The Balaban J connectivity index is 2.04. The highest BCUT2D eigenvalue weighted by atomic mass is 79.9. The molecular weight excluding hydrogens is 337 g/mol. The zero-order valence-corrected chi connectivity index (χ0v) is 13.3. The van der Waals surface area contributed by atoms with E-state index in [1.165, 1.54) is 18.2 Å². The van der Waals surface area contributed by atoms with Crippen LogP contribution in [0.2, 0.25) is 0 Å². The van der Waals surface area contributed by atoms with Gasteiger partial charge in [0.15, 0.2) is 4.67 Å². The van der Waals surface area contributed by atoms with E-state index in [0.29, 0.717) is 10.4 Å². The molecule has 1 heterocycles. The van der Waals surface area contributed by atoms with E-state index >= 15 is 0 Å². The lowest BCUT2D eigenvalue weighted by molar-refractivity contribution is -0.126. The monoisotopic (exact) mass is 351 g/mol. The van der Waals surface area contributed by atoms with Crippen LogP contribution >= 0.6 is 15.9 Å². The van der Waals surface area contributed by atoms with Crippen LogP contribution < -0.4 is 0 Å². The summed E-state index contributed by atoms with van der Waals surface area (Å²) < 4.78 is 18.8. The Morgan fingerprint density at radius 3 is 2.52 bits per heavy atom. The predicted octanol–water partition coefficient (Wildman–Crippen LogP) is 4.41. The average Bonchev–Trinajstić information content (AvgIpc) is 2.89. The van der Waals surface area contributed by atoms with Gasteiger partial charge < -0.3 is 9.32 Å². The lowest BCUT2D eigenvalue weighted by atomic mass is 10.1. The van der Waals surface area contributed by atoms with Crippen molar-refractivity contribution in [3.63, 3.8) is 0 Å². The minimum Gasteiger partial charge on any atom is -0.450 e. The first-order valence-electron chi connectivity index (χ1n) is 6.43. The Labute approximate surface area is 131 Å². The molecule has 0 N–H and O–H groups in total. The summed E-state index contributed by atoms with van der Waals surface area (Å²) in [5.74, 6) is 0.153. The summed E-state index contributed by atoms with van der Waals surface area (Å²) in [5, 5.41) is 0. The third-order valence-electron chi connectivity index (χ3n) is 3.27. The molecule has 0 spiro atoms. The van der Waals surface area contributed by atoms with Crippen molar-refractivity contribution in [3.05, 3.63) is 64.3 Å². The summed E-state index contributed by atoms with van der Waals surface area (Å²) in [6.07, 6.45) is 3.06. The molecule has 3 nitrogen and oxygen atoms in total. The summed E-state index contributed by atoms with van der Waals surface area (Å²) >= 11 is 3.20. The molecule has 2 rings (SSSR count). The Morgan fingerprint density at radius 2 is 1.95 bits per heavy atom. The molecule has 1 aromatic carbocycles. The van der Waals surface area contributed by atoms with Crippen LogP contribution in [0.15, 0.2) is 51.6 Å². The quantitative estimate of drug-likeness (QED) is 0.764. The van der Waals surface area contributed by atoms with Gasteiger partial charge in [-0.3, -0.25) is 4.79 Å². The molecule has 2 aromatic rings. The topological polar surface area (TPSA) is 33.5 Å². The minimum absolute atomic E-state index is 0.147. The second kappa shape index (κ2) is 6.72. The van der Waals surface area contributed by atoms with Gasteiger partial charge in [-0.25, -0.2) is 4.39 Å². The molecule has 0 aliphatic carbocycles. The van der Waals surface area contributed by atoms with Crippen molar-refractivity contribution < 1.29 is 13.6 Å². The van der Waals surface area contributed by atoms with Crippen LogP contribution in [0.5, 0.6) is 0 Å². The maximum absolute atomic E-state index is 12.9. The number of nitrogens with zero attached hydrogens (tertiary/aromatic N) is 1. The van der Waals surface area contributed by atoms with E-state index < -0.39 is 0 Å². The van der Waals surface area contributed by atoms with Gasteiger partial charge in [0.25, 0.3) is 0 Å². The molecule has 1 atom stereocenters. The Hall–Kier alpha value is -1.88. The first-order chi connectivity index (χ1) is 9.97. The van der Waals surface area contributed by atoms with E-state index in [2.05, 4.69) is 15.9 Å². The fraction of sp³-hybridized carbons (Fsp3) is 0.188. The smallest absolute Gasteiger partial charge is 0.246 e. The average molecular weight is 352 g/mol. The van der Waals surface area contributed by atoms with Crippen molar-refractivity contribution in [1.82, 2.24) is 4.90 Å². The van der Waals surface area contributed by atoms with Gasteiger partial charge in [0.1, 0.15) is 11.6 Å². The summed E-state index contributed by atoms with van der Waals surface area (Å²) in [6.45, 7) is 1.89. The third-order valence-corrected chi connectivity index (χ3v) is 3.69. The van der Waals surface area contributed by atoms with Crippen LogP contribution in [0.3, 0.4) is 0 Å². The number of rotatable bonds is 4. The van der Waals surface area contributed by atoms with E-state index in [4.69, 9.17) is 4.42 Å². The van der Waals surface area contributed by atoms with Gasteiger partial charge in [-0.05, 0) is 58.8 Å². The fourth-order valence-electron chi connectivity index (χ4n) is 1.84. The number of halogens is 2. The van der Waals surface area contributed by atoms with Crippen molar-refractivity contribution >= 4 is 27.9 Å². The second-order valence-electron chi connectivity index (χ2n) is 4.65. The van der Waals surface area contributed by atoms with Crippen molar-refractivity contribution in [2.45, 2.75) is 13.0 Å². The molecule has 110 valence electrons. The highest BCUT2D eigenvalue weighted by Gasteiger charge is 2.15. The molecule has 1 unspecified atom stereocenters. The lowest BCUT2D eigenvalue weighted by Gasteiger charge is -2.24. The molecule has 0 aliphatic rings. The molecule has 0 fully saturated rings. The van der Waals surface area contributed by atoms with E-state index in [9.17, 15) is 9.18 Å². The van der Waals surface area contributed by atoms with Gasteiger partial charge in [0.2, 0.25) is 5.91 Å². The van der Waals surface area contributed by atoms with Crippen LogP contribution in [0, 0.1) is 5.82 Å². The van der Waals surface area contributed by atoms with Crippen LogP contribution in [0.1, 0.15) is 24.3 Å². The van der Waals surface area contributed by atoms with Crippen molar-refractivity contribution in [1.29, 1.82) is 0 Å². The predicted molar refractivity (Wildman–Crippen MR) is 83.0 cm³/mol. The highest BCUT2D eigenvalue weighted by Crippen LogP contribution is 2.20. The fourth-order valence-corrected chi connectivity index (χ4v) is 2.16. The van der Waals surface area contributed by atoms with Crippen LogP contribution in [0.25, 0.3) is 6.08 Å². The summed E-state index contributed by atoms with van der Waals surface area (Å²) in [7, 11) is 1.71. The normalized spacial score (nSPS) is 12.6. The second-order valence-corrected chi connectivity index (χ2v) is 5.43. The van der Waals surface area contributed by atoms with Gasteiger partial charge in [0, 0.05) is 13.1 Å². The standard InChI is InChI=1S/C16H15BrFNO2/c1-11(12-3-5-13(18)6-4-12)19(2)16(20)10-8-14-7-9-15(17)21-14/h3-11H,1-2H3/b10-8+. The number of furan rings is 1. The summed E-state index contributed by atoms with van der Waals surface area (Å²) in [4.78, 5) is 13.7. The van der Waals surface area contributed by atoms with Gasteiger partial charge in [0.05, 0.1) is 6.04 Å². The SMILES string of the molecule is CC(c1ccc(F)cc1)N(C)C(=O)/C=C/c1ccc(Br)o1. The van der Waals surface area contributed by atoms with Gasteiger partial charge in [-0.1, -0.05) is 12.1 Å². The van der Waals surface area contributed by atoms with Gasteiger partial charge >= 0.3 is 0 Å². The van der Waals surface area contributed by atoms with Gasteiger partial charge in [-0.15, -0.1) is 0 Å². The first kappa shape index (κ1) is 15.5. The number of hydrogen-bond acceptors (Lipinski definition) is 2. The molecule has 1 amide bonds. The Kier molecular flexibility index (Phi) is 4.96. The van der Waals surface area contributed by atoms with E-state index in [0.717, 1.165) is 5.56 Å². The third kappa shape index (κ3) is 4.04. The van der Waals surface area contributed by atoms with Crippen LogP contribution in [-0.2, 0) is 4.79 Å². The molecule has 0 saturated heterocycles. The molecule has 0 saturated carbocycles. The molecule has 21 heavy (non-hydrogen) atoms. The highest BCUT2D eigenvalue weighted by molar-refractivity contribution is 9.10. The largest absolute Gasteiger partial charge is 0.450 e. The number of carbonyl (C=O) groups excluding carboxylic acids is 1. The molecular formula is C16H15BrFNO2.